The summed E-state index contributed by atoms with van der Waals surface area (Å²) in [6, 6.07) is -1.00. The van der Waals surface area contributed by atoms with Gasteiger partial charge in [0.25, 0.3) is 11.8 Å². The number of imide groups is 1. The van der Waals surface area contributed by atoms with Crippen LogP contribution >= 0.6 is 0 Å². The van der Waals surface area contributed by atoms with E-state index in [-0.39, 0.29) is 12.5 Å². The molecule has 0 aromatic carbocycles. The number of rotatable bonds is 8. The zero-order chi connectivity index (χ0) is 17.8. The van der Waals surface area contributed by atoms with Crippen molar-refractivity contribution in [3.63, 3.8) is 0 Å². The summed E-state index contributed by atoms with van der Waals surface area (Å²) in [5.74, 6) is -1.60. The molecule has 0 saturated heterocycles. The second-order valence-electron chi connectivity index (χ2n) is 4.55. The smallest absolute Gasteiger partial charge is 0.254 e. The van der Waals surface area contributed by atoms with Gasteiger partial charge in [-0.3, -0.25) is 24.1 Å². The summed E-state index contributed by atoms with van der Waals surface area (Å²) in [6.07, 6.45) is 3.87. The van der Waals surface area contributed by atoms with Crippen molar-refractivity contribution in [1.29, 1.82) is 0 Å². The van der Waals surface area contributed by atoms with E-state index in [0.717, 1.165) is 17.1 Å². The molecule has 1 unspecified atom stereocenters. The van der Waals surface area contributed by atoms with Gasteiger partial charge in [0.05, 0.1) is 0 Å². The summed E-state index contributed by atoms with van der Waals surface area (Å²) < 4.78 is 0. The van der Waals surface area contributed by atoms with Crippen LogP contribution in [0.4, 0.5) is 0 Å². The topological polar surface area (TPSA) is 122 Å². The molecule has 0 radical (unpaired) electrons. The maximum absolute atomic E-state index is 12.0. The Hall–Kier alpha value is -2.22. The number of carbonyl (C=O) groups is 4. The first-order valence-corrected chi connectivity index (χ1v) is 7.74. The van der Waals surface area contributed by atoms with E-state index in [1.165, 1.54) is 0 Å². The van der Waals surface area contributed by atoms with Crippen LogP contribution in [0.1, 0.15) is 33.1 Å². The van der Waals surface area contributed by atoms with E-state index in [1.807, 2.05) is 13.8 Å². The fraction of sp³-hybridized carbons (Fsp3) is 0.600. The average molecular weight is 326 g/mol. The van der Waals surface area contributed by atoms with E-state index in [0.29, 0.717) is 25.8 Å². The molecule has 8 heteroatoms. The SMILES string of the molecule is CC.CNC(=O)CCCCNC(=O)C(CN)N1C(=O)C=CC1=O. The largest absolute Gasteiger partial charge is 0.359 e. The molecule has 0 aromatic rings. The molecule has 4 N–H and O–H groups in total. The summed E-state index contributed by atoms with van der Waals surface area (Å²) >= 11 is 0. The molecule has 1 atom stereocenters. The van der Waals surface area contributed by atoms with Crippen LogP contribution in [0.25, 0.3) is 0 Å². The maximum Gasteiger partial charge on any atom is 0.254 e. The molecule has 1 aliphatic rings. The number of amides is 4. The number of unbranched alkanes of at least 4 members (excludes halogenated alkanes) is 1. The van der Waals surface area contributed by atoms with Crippen LogP contribution < -0.4 is 16.4 Å². The van der Waals surface area contributed by atoms with E-state index in [1.54, 1.807) is 7.05 Å². The Balaban J connectivity index is 0.00000232. The summed E-state index contributed by atoms with van der Waals surface area (Å²) in [4.78, 5) is 46.8. The first kappa shape index (κ1) is 20.8. The van der Waals surface area contributed by atoms with E-state index < -0.39 is 23.8 Å². The van der Waals surface area contributed by atoms with Gasteiger partial charge in [0, 0.05) is 38.7 Å². The monoisotopic (exact) mass is 326 g/mol. The maximum atomic E-state index is 12.0. The number of hydrogen-bond acceptors (Lipinski definition) is 5. The van der Waals surface area contributed by atoms with Crippen LogP contribution in [-0.4, -0.2) is 54.7 Å². The lowest BCUT2D eigenvalue weighted by molar-refractivity contribution is -0.145. The van der Waals surface area contributed by atoms with Gasteiger partial charge in [-0.05, 0) is 12.8 Å². The molecule has 0 spiro atoms. The lowest BCUT2D eigenvalue weighted by atomic mass is 10.2. The van der Waals surface area contributed by atoms with Crippen LogP contribution in [0.5, 0.6) is 0 Å². The Kier molecular flexibility index (Phi) is 10.3. The van der Waals surface area contributed by atoms with Crippen molar-refractivity contribution in [2.75, 3.05) is 20.1 Å². The molecule has 1 rings (SSSR count). The fourth-order valence-electron chi connectivity index (χ4n) is 1.91. The predicted molar refractivity (Wildman–Crippen MR) is 86.1 cm³/mol. The fourth-order valence-corrected chi connectivity index (χ4v) is 1.91. The second kappa shape index (κ2) is 11.4. The standard InChI is InChI=1S/C13H20N4O4.C2H6/c1-15-10(18)4-2-3-7-16-13(21)9(8-14)17-11(19)5-6-12(17)20;1-2/h5-6,9H,2-4,7-8,14H2,1H3,(H,15,18)(H,16,21);1-2H3. The molecule has 130 valence electrons. The van der Waals surface area contributed by atoms with Gasteiger partial charge in [0.2, 0.25) is 11.8 Å². The zero-order valence-corrected chi connectivity index (χ0v) is 13.9. The molecule has 8 nitrogen and oxygen atoms in total. The number of nitrogens with zero attached hydrogens (tertiary/aromatic N) is 1. The Bertz CT molecular complexity index is 444. The van der Waals surface area contributed by atoms with Crippen molar-refractivity contribution in [3.8, 4) is 0 Å². The highest BCUT2D eigenvalue weighted by Gasteiger charge is 2.34. The van der Waals surface area contributed by atoms with Crippen molar-refractivity contribution in [1.82, 2.24) is 15.5 Å². The van der Waals surface area contributed by atoms with Crippen molar-refractivity contribution in [2.24, 2.45) is 5.73 Å². The third kappa shape index (κ3) is 6.60. The van der Waals surface area contributed by atoms with E-state index in [9.17, 15) is 19.2 Å². The minimum absolute atomic E-state index is 0.0551. The Morgan fingerprint density at radius 1 is 1.17 bits per heavy atom. The third-order valence-electron chi connectivity index (χ3n) is 3.09. The zero-order valence-electron chi connectivity index (χ0n) is 13.9. The molecule has 1 heterocycles. The number of nitrogens with two attached hydrogens (primary N) is 1. The summed E-state index contributed by atoms with van der Waals surface area (Å²) in [5, 5.41) is 5.13. The molecule has 23 heavy (non-hydrogen) atoms. The highest BCUT2D eigenvalue weighted by Crippen LogP contribution is 2.08. The predicted octanol–water partition coefficient (Wildman–Crippen LogP) is -0.703. The summed E-state index contributed by atoms with van der Waals surface area (Å²) in [6.45, 7) is 4.22. The van der Waals surface area contributed by atoms with Crippen LogP contribution in [0.2, 0.25) is 0 Å². The van der Waals surface area contributed by atoms with Crippen molar-refractivity contribution >= 4 is 23.6 Å². The number of carbonyl (C=O) groups excluding carboxylic acids is 4. The molecular formula is C15H26N4O4. The lowest BCUT2D eigenvalue weighted by Crippen LogP contribution is -2.53. The molecular weight excluding hydrogens is 300 g/mol. The molecule has 0 aromatic heterocycles. The summed E-state index contributed by atoms with van der Waals surface area (Å²) in [5.41, 5.74) is 5.48. The van der Waals surface area contributed by atoms with Gasteiger partial charge in [-0.25, -0.2) is 0 Å². The molecule has 0 fully saturated rings. The first-order chi connectivity index (χ1) is 11.0. The van der Waals surface area contributed by atoms with Crippen molar-refractivity contribution in [3.05, 3.63) is 12.2 Å². The molecule has 4 amide bonds. The molecule has 1 aliphatic heterocycles. The van der Waals surface area contributed by atoms with Gasteiger partial charge in [-0.15, -0.1) is 0 Å². The molecule has 0 aliphatic carbocycles. The van der Waals surface area contributed by atoms with E-state index in [4.69, 9.17) is 5.73 Å². The van der Waals surface area contributed by atoms with Gasteiger partial charge < -0.3 is 16.4 Å². The number of nitrogens with one attached hydrogen (secondary N) is 2. The van der Waals surface area contributed by atoms with E-state index >= 15 is 0 Å². The Morgan fingerprint density at radius 3 is 2.22 bits per heavy atom. The van der Waals surface area contributed by atoms with Crippen LogP contribution in [0.3, 0.4) is 0 Å². The highest BCUT2D eigenvalue weighted by molar-refractivity contribution is 6.15. The van der Waals surface area contributed by atoms with Crippen molar-refractivity contribution in [2.45, 2.75) is 39.2 Å². The minimum Gasteiger partial charge on any atom is -0.359 e. The Morgan fingerprint density at radius 2 is 1.74 bits per heavy atom. The number of hydrogen-bond donors (Lipinski definition) is 3. The van der Waals surface area contributed by atoms with Gasteiger partial charge in [0.15, 0.2) is 0 Å². The summed E-state index contributed by atoms with van der Waals surface area (Å²) in [7, 11) is 1.56. The minimum atomic E-state index is -1.00. The van der Waals surface area contributed by atoms with Gasteiger partial charge in [-0.2, -0.15) is 0 Å². The molecule has 0 saturated carbocycles. The normalized spacial score (nSPS) is 14.2. The molecule has 0 bridgehead atoms. The van der Waals surface area contributed by atoms with Crippen LogP contribution in [0.15, 0.2) is 12.2 Å². The Labute approximate surface area is 136 Å². The third-order valence-corrected chi connectivity index (χ3v) is 3.09. The highest BCUT2D eigenvalue weighted by atomic mass is 16.2. The van der Waals surface area contributed by atoms with Gasteiger partial charge in [-0.1, -0.05) is 13.8 Å². The van der Waals surface area contributed by atoms with E-state index in [2.05, 4.69) is 10.6 Å². The lowest BCUT2D eigenvalue weighted by Gasteiger charge is -2.23. The quantitative estimate of drug-likeness (QED) is 0.402. The van der Waals surface area contributed by atoms with Crippen molar-refractivity contribution < 1.29 is 19.2 Å². The second-order valence-corrected chi connectivity index (χ2v) is 4.55. The van der Waals surface area contributed by atoms with Crippen LogP contribution in [-0.2, 0) is 19.2 Å². The van der Waals surface area contributed by atoms with Gasteiger partial charge in [0.1, 0.15) is 6.04 Å². The average Bonchev–Trinajstić information content (AvgIpc) is 2.89. The van der Waals surface area contributed by atoms with Gasteiger partial charge >= 0.3 is 0 Å². The first-order valence-electron chi connectivity index (χ1n) is 7.74. The van der Waals surface area contributed by atoms with Crippen LogP contribution in [0, 0.1) is 0 Å².